The highest BCUT2D eigenvalue weighted by molar-refractivity contribution is 5.77. The molecular weight excluding hydrogens is 364 g/mol. The number of carbonyl (C=O) groups excluding carboxylic acids is 1. The van der Waals surface area contributed by atoms with Crippen molar-refractivity contribution < 1.29 is 14.3 Å². The van der Waals surface area contributed by atoms with E-state index in [0.29, 0.717) is 17.7 Å². The van der Waals surface area contributed by atoms with Gasteiger partial charge in [-0.3, -0.25) is 9.69 Å². The average molecular weight is 401 g/mol. The summed E-state index contributed by atoms with van der Waals surface area (Å²) in [7, 11) is 1.74. The number of nitrogens with zero attached hydrogens (tertiary/aromatic N) is 2. The van der Waals surface area contributed by atoms with Crippen molar-refractivity contribution in [1.29, 1.82) is 0 Å². The van der Waals surface area contributed by atoms with Gasteiger partial charge in [0.05, 0.1) is 13.2 Å². The monoisotopic (exact) mass is 400 g/mol. The Morgan fingerprint density at radius 3 is 2.66 bits per heavy atom. The molecule has 1 atom stereocenters. The Kier molecular flexibility index (Phi) is 6.16. The number of carbonyl (C=O) groups is 1. The maximum Gasteiger partial charge on any atom is 0.222 e. The molecule has 1 amide bonds. The predicted molar refractivity (Wildman–Crippen MR) is 114 cm³/mol. The Hall–Kier alpha value is -1.59. The number of rotatable bonds is 5. The highest BCUT2D eigenvalue weighted by Crippen LogP contribution is 2.41. The smallest absolute Gasteiger partial charge is 0.222 e. The minimum atomic E-state index is 0.260. The zero-order valence-electron chi connectivity index (χ0n) is 18.3. The normalized spacial score (nSPS) is 25.0. The minimum Gasteiger partial charge on any atom is -0.496 e. The van der Waals surface area contributed by atoms with Crippen molar-refractivity contribution in [1.82, 2.24) is 9.80 Å². The molecule has 3 aliphatic rings. The lowest BCUT2D eigenvalue weighted by atomic mass is 9.72. The standard InChI is InChI=1S/C24H36N2O3/c1-18-19(2)22(28-3)7-6-20(18)15-25-12-10-24(11-13-25)9-8-23(27)26(17-24)16-21-5-4-14-29-21/h6-7,21H,4-5,8-17H2,1-3H3/t21-/m0/s1. The Bertz CT molecular complexity index is 734. The number of piperidine rings is 2. The summed E-state index contributed by atoms with van der Waals surface area (Å²) in [5, 5.41) is 0. The van der Waals surface area contributed by atoms with Crippen LogP contribution in [0.2, 0.25) is 0 Å². The van der Waals surface area contributed by atoms with E-state index in [1.807, 2.05) is 0 Å². The molecule has 0 unspecified atom stereocenters. The number of likely N-dealkylation sites (tertiary alicyclic amines) is 2. The largest absolute Gasteiger partial charge is 0.496 e. The Morgan fingerprint density at radius 1 is 1.17 bits per heavy atom. The van der Waals surface area contributed by atoms with Gasteiger partial charge in [-0.25, -0.2) is 0 Å². The number of hydrogen-bond donors (Lipinski definition) is 0. The van der Waals surface area contributed by atoms with Gasteiger partial charge in [-0.05, 0) is 87.2 Å². The fourth-order valence-electron chi connectivity index (χ4n) is 5.38. The number of amides is 1. The van der Waals surface area contributed by atoms with Crippen LogP contribution >= 0.6 is 0 Å². The molecule has 0 N–H and O–H groups in total. The third-order valence-electron chi connectivity index (χ3n) is 7.58. The van der Waals surface area contributed by atoms with Crippen LogP contribution in [-0.4, -0.2) is 61.7 Å². The first-order valence-electron chi connectivity index (χ1n) is 11.2. The maximum atomic E-state index is 12.5. The van der Waals surface area contributed by atoms with Crippen molar-refractivity contribution >= 4 is 5.91 Å². The zero-order chi connectivity index (χ0) is 20.4. The zero-order valence-corrected chi connectivity index (χ0v) is 18.3. The van der Waals surface area contributed by atoms with E-state index in [1.165, 1.54) is 29.5 Å². The van der Waals surface area contributed by atoms with Crippen molar-refractivity contribution in [3.8, 4) is 5.75 Å². The first-order valence-corrected chi connectivity index (χ1v) is 11.2. The van der Waals surface area contributed by atoms with Crippen molar-refractivity contribution in [3.63, 3.8) is 0 Å². The van der Waals surface area contributed by atoms with E-state index in [-0.39, 0.29) is 6.10 Å². The molecule has 0 bridgehead atoms. The van der Waals surface area contributed by atoms with Gasteiger partial charge in [-0.15, -0.1) is 0 Å². The van der Waals surface area contributed by atoms with Crippen LogP contribution in [-0.2, 0) is 16.1 Å². The molecule has 0 radical (unpaired) electrons. The molecule has 3 saturated heterocycles. The molecular formula is C24H36N2O3. The molecule has 0 aliphatic carbocycles. The topological polar surface area (TPSA) is 42.0 Å². The van der Waals surface area contributed by atoms with Gasteiger partial charge in [0.2, 0.25) is 5.91 Å². The quantitative estimate of drug-likeness (QED) is 0.756. The molecule has 29 heavy (non-hydrogen) atoms. The van der Waals surface area contributed by atoms with Gasteiger partial charge in [-0.1, -0.05) is 6.07 Å². The third-order valence-corrected chi connectivity index (χ3v) is 7.58. The molecule has 3 heterocycles. The van der Waals surface area contributed by atoms with Crippen molar-refractivity contribution in [2.75, 3.05) is 39.9 Å². The lowest BCUT2D eigenvalue weighted by Gasteiger charge is -2.48. The molecule has 0 aromatic heterocycles. The van der Waals surface area contributed by atoms with Gasteiger partial charge in [0, 0.05) is 32.7 Å². The second kappa shape index (κ2) is 8.65. The van der Waals surface area contributed by atoms with Crippen LogP contribution in [0.3, 0.4) is 0 Å². The van der Waals surface area contributed by atoms with Gasteiger partial charge in [0.1, 0.15) is 5.75 Å². The van der Waals surface area contributed by atoms with E-state index in [1.54, 1.807) is 7.11 Å². The van der Waals surface area contributed by atoms with Crippen molar-refractivity contribution in [3.05, 3.63) is 28.8 Å². The number of benzene rings is 1. The Balaban J connectivity index is 1.35. The van der Waals surface area contributed by atoms with Crippen LogP contribution in [0.25, 0.3) is 0 Å². The molecule has 1 aromatic rings. The van der Waals surface area contributed by atoms with Crippen LogP contribution in [0.5, 0.6) is 5.75 Å². The molecule has 3 fully saturated rings. The summed E-state index contributed by atoms with van der Waals surface area (Å²) < 4.78 is 11.2. The first-order chi connectivity index (χ1) is 14.0. The first kappa shape index (κ1) is 20.7. The van der Waals surface area contributed by atoms with E-state index in [9.17, 15) is 4.79 Å². The summed E-state index contributed by atoms with van der Waals surface area (Å²) in [5.41, 5.74) is 4.30. The van der Waals surface area contributed by atoms with Gasteiger partial charge in [0.15, 0.2) is 0 Å². The van der Waals surface area contributed by atoms with Gasteiger partial charge < -0.3 is 14.4 Å². The van der Waals surface area contributed by atoms with E-state index in [4.69, 9.17) is 9.47 Å². The third kappa shape index (κ3) is 4.46. The summed E-state index contributed by atoms with van der Waals surface area (Å²) in [5.74, 6) is 1.31. The Labute approximate surface area is 175 Å². The molecule has 1 spiro atoms. The van der Waals surface area contributed by atoms with Crippen LogP contribution < -0.4 is 4.74 Å². The van der Waals surface area contributed by atoms with Gasteiger partial charge in [-0.2, -0.15) is 0 Å². The van der Waals surface area contributed by atoms with E-state index in [2.05, 4.69) is 35.8 Å². The SMILES string of the molecule is COc1ccc(CN2CCC3(CCC(=O)N(C[C@@H]4CCCO4)C3)CC2)c(C)c1C. The Morgan fingerprint density at radius 2 is 1.97 bits per heavy atom. The van der Waals surface area contributed by atoms with Crippen LogP contribution in [0.1, 0.15) is 55.2 Å². The predicted octanol–water partition coefficient (Wildman–Crippen LogP) is 3.70. The summed E-state index contributed by atoms with van der Waals surface area (Å²) in [6.45, 7) is 10.2. The second-order valence-electron chi connectivity index (χ2n) is 9.36. The number of methoxy groups -OCH3 is 1. The second-order valence-corrected chi connectivity index (χ2v) is 9.36. The summed E-state index contributed by atoms with van der Waals surface area (Å²) >= 11 is 0. The summed E-state index contributed by atoms with van der Waals surface area (Å²) in [6, 6.07) is 4.31. The van der Waals surface area contributed by atoms with Gasteiger partial charge in [0.25, 0.3) is 0 Å². The summed E-state index contributed by atoms with van der Waals surface area (Å²) in [4.78, 5) is 17.2. The average Bonchev–Trinajstić information content (AvgIpc) is 3.24. The van der Waals surface area contributed by atoms with E-state index in [0.717, 1.165) is 64.3 Å². The molecule has 5 heteroatoms. The highest BCUT2D eigenvalue weighted by atomic mass is 16.5. The van der Waals surface area contributed by atoms with Crippen molar-refractivity contribution in [2.24, 2.45) is 5.41 Å². The summed E-state index contributed by atoms with van der Waals surface area (Å²) in [6.07, 6.45) is 6.65. The van der Waals surface area contributed by atoms with Crippen LogP contribution in [0.15, 0.2) is 12.1 Å². The molecule has 0 saturated carbocycles. The van der Waals surface area contributed by atoms with Gasteiger partial charge >= 0.3 is 0 Å². The van der Waals surface area contributed by atoms with Crippen LogP contribution in [0.4, 0.5) is 0 Å². The number of ether oxygens (including phenoxy) is 2. The maximum absolute atomic E-state index is 12.5. The lowest BCUT2D eigenvalue weighted by molar-refractivity contribution is -0.141. The van der Waals surface area contributed by atoms with E-state index < -0.39 is 0 Å². The molecule has 5 nitrogen and oxygen atoms in total. The van der Waals surface area contributed by atoms with E-state index >= 15 is 0 Å². The minimum absolute atomic E-state index is 0.260. The molecule has 3 aliphatic heterocycles. The molecule has 160 valence electrons. The molecule has 1 aromatic carbocycles. The fourth-order valence-corrected chi connectivity index (χ4v) is 5.38. The van der Waals surface area contributed by atoms with Crippen molar-refractivity contribution in [2.45, 2.75) is 65.0 Å². The van der Waals surface area contributed by atoms with Crippen LogP contribution in [0, 0.1) is 19.3 Å². The number of hydrogen-bond acceptors (Lipinski definition) is 4. The fraction of sp³-hybridized carbons (Fsp3) is 0.708. The lowest BCUT2D eigenvalue weighted by Crippen LogP contribution is -2.52. The highest BCUT2D eigenvalue weighted by Gasteiger charge is 2.41. The molecule has 4 rings (SSSR count).